The lowest BCUT2D eigenvalue weighted by Crippen LogP contribution is -2.30. The topological polar surface area (TPSA) is 64.6 Å². The smallest absolute Gasteiger partial charge is 0.416 e. The highest BCUT2D eigenvalue weighted by molar-refractivity contribution is 5.97. The Labute approximate surface area is 147 Å². The summed E-state index contributed by atoms with van der Waals surface area (Å²) in [6.07, 6.45) is -5.72. The predicted molar refractivity (Wildman–Crippen MR) is 87.9 cm³/mol. The summed E-state index contributed by atoms with van der Waals surface area (Å²) in [4.78, 5) is 24.1. The van der Waals surface area contributed by atoms with E-state index in [0.29, 0.717) is 5.75 Å². The van der Waals surface area contributed by atoms with Crippen LogP contribution in [-0.2, 0) is 15.7 Å². The van der Waals surface area contributed by atoms with Crippen LogP contribution in [0.3, 0.4) is 0 Å². The number of carbonyl (C=O) groups is 2. The Morgan fingerprint density at radius 3 is 2.31 bits per heavy atom. The summed E-state index contributed by atoms with van der Waals surface area (Å²) in [6.45, 7) is 1.32. The number of hydrogen-bond donors (Lipinski definition) is 1. The number of nitrogens with one attached hydrogen (secondary N) is 1. The van der Waals surface area contributed by atoms with Crippen LogP contribution < -0.4 is 10.1 Å². The predicted octanol–water partition coefficient (Wildman–Crippen LogP) is 3.90. The lowest BCUT2D eigenvalue weighted by molar-refractivity contribution is -0.137. The molecule has 8 heteroatoms. The molecule has 0 aliphatic heterocycles. The Balaban J connectivity index is 1.99. The average Bonchev–Trinajstić information content (AvgIpc) is 2.61. The number of halogens is 3. The molecular formula is C18H16F3NO4. The molecule has 1 N–H and O–H groups in total. The van der Waals surface area contributed by atoms with Crippen molar-refractivity contribution in [1.29, 1.82) is 0 Å². The highest BCUT2D eigenvalue weighted by Gasteiger charge is 2.30. The van der Waals surface area contributed by atoms with Gasteiger partial charge in [-0.2, -0.15) is 13.2 Å². The normalized spacial score (nSPS) is 12.2. The number of hydrogen-bond acceptors (Lipinski definition) is 4. The summed E-state index contributed by atoms with van der Waals surface area (Å²) in [6, 6.07) is 10.2. The van der Waals surface area contributed by atoms with Crippen LogP contribution in [0, 0.1) is 0 Å². The van der Waals surface area contributed by atoms with E-state index in [9.17, 15) is 22.8 Å². The van der Waals surface area contributed by atoms with Crippen molar-refractivity contribution in [1.82, 2.24) is 0 Å². The van der Waals surface area contributed by atoms with Crippen molar-refractivity contribution in [3.63, 3.8) is 0 Å². The Bertz CT molecular complexity index is 788. The molecule has 0 saturated carbocycles. The summed E-state index contributed by atoms with van der Waals surface area (Å²) in [7, 11) is 1.48. The third kappa shape index (κ3) is 4.98. The molecule has 1 amide bonds. The van der Waals surface area contributed by atoms with Gasteiger partial charge in [0.25, 0.3) is 5.91 Å². The maximum Gasteiger partial charge on any atom is 0.416 e. The van der Waals surface area contributed by atoms with Gasteiger partial charge in [-0.1, -0.05) is 6.07 Å². The minimum absolute atomic E-state index is 0.0443. The number of carbonyl (C=O) groups excluding carboxylic acids is 2. The van der Waals surface area contributed by atoms with Gasteiger partial charge >= 0.3 is 12.1 Å². The Hall–Kier alpha value is -3.03. The van der Waals surface area contributed by atoms with Crippen LogP contribution in [0.4, 0.5) is 18.9 Å². The maximum atomic E-state index is 12.7. The first-order valence-electron chi connectivity index (χ1n) is 7.54. The number of amides is 1. The molecule has 0 radical (unpaired) electrons. The van der Waals surface area contributed by atoms with Gasteiger partial charge in [-0.25, -0.2) is 4.79 Å². The van der Waals surface area contributed by atoms with E-state index in [-0.39, 0.29) is 11.3 Å². The van der Waals surface area contributed by atoms with Crippen molar-refractivity contribution >= 4 is 17.6 Å². The second-order valence-corrected chi connectivity index (χ2v) is 5.34. The van der Waals surface area contributed by atoms with Gasteiger partial charge in [-0.05, 0) is 49.4 Å². The fraction of sp³-hybridized carbons (Fsp3) is 0.222. The number of alkyl halides is 3. The van der Waals surface area contributed by atoms with Gasteiger partial charge in [0.05, 0.1) is 18.2 Å². The van der Waals surface area contributed by atoms with Gasteiger partial charge in [-0.3, -0.25) is 4.79 Å². The summed E-state index contributed by atoms with van der Waals surface area (Å²) in [5, 5.41) is 2.29. The van der Waals surface area contributed by atoms with Gasteiger partial charge in [-0.15, -0.1) is 0 Å². The molecule has 0 spiro atoms. The Morgan fingerprint density at radius 2 is 1.73 bits per heavy atom. The van der Waals surface area contributed by atoms with Crippen LogP contribution >= 0.6 is 0 Å². The van der Waals surface area contributed by atoms with E-state index in [0.717, 1.165) is 12.1 Å². The van der Waals surface area contributed by atoms with Crippen LogP contribution in [0.1, 0.15) is 22.8 Å². The summed E-state index contributed by atoms with van der Waals surface area (Å²) >= 11 is 0. The molecule has 0 aromatic heterocycles. The molecule has 2 rings (SSSR count). The minimum Gasteiger partial charge on any atom is -0.497 e. The first-order valence-corrected chi connectivity index (χ1v) is 7.54. The number of ether oxygens (including phenoxy) is 2. The lowest BCUT2D eigenvalue weighted by Gasteiger charge is -2.14. The molecule has 0 aliphatic rings. The Morgan fingerprint density at radius 1 is 1.08 bits per heavy atom. The van der Waals surface area contributed by atoms with E-state index in [4.69, 9.17) is 9.47 Å². The molecule has 0 aliphatic carbocycles. The van der Waals surface area contributed by atoms with E-state index in [1.807, 2.05) is 0 Å². The number of methoxy groups -OCH3 is 1. The molecule has 138 valence electrons. The third-order valence-corrected chi connectivity index (χ3v) is 3.44. The van der Waals surface area contributed by atoms with E-state index in [2.05, 4.69) is 5.32 Å². The Kier molecular flexibility index (Phi) is 5.86. The molecule has 5 nitrogen and oxygen atoms in total. The highest BCUT2D eigenvalue weighted by atomic mass is 19.4. The van der Waals surface area contributed by atoms with E-state index in [1.165, 1.54) is 38.3 Å². The molecule has 0 saturated heterocycles. The SMILES string of the molecule is COc1ccc(C(=O)OC(C)C(=O)Nc2cccc(C(F)(F)F)c2)cc1. The monoisotopic (exact) mass is 367 g/mol. The molecule has 0 bridgehead atoms. The van der Waals surface area contributed by atoms with Crippen LogP contribution in [0.5, 0.6) is 5.75 Å². The minimum atomic E-state index is -4.52. The van der Waals surface area contributed by atoms with E-state index < -0.39 is 29.7 Å². The second-order valence-electron chi connectivity index (χ2n) is 5.34. The van der Waals surface area contributed by atoms with Crippen molar-refractivity contribution in [3.8, 4) is 5.75 Å². The van der Waals surface area contributed by atoms with Gasteiger partial charge in [0.15, 0.2) is 6.10 Å². The fourth-order valence-corrected chi connectivity index (χ4v) is 2.03. The summed E-state index contributed by atoms with van der Waals surface area (Å²) < 4.78 is 48.1. The lowest BCUT2D eigenvalue weighted by atomic mass is 10.2. The maximum absolute atomic E-state index is 12.7. The molecule has 2 aromatic carbocycles. The van der Waals surface area contributed by atoms with E-state index >= 15 is 0 Å². The van der Waals surface area contributed by atoms with Crippen molar-refractivity contribution in [2.75, 3.05) is 12.4 Å². The van der Waals surface area contributed by atoms with Crippen molar-refractivity contribution in [2.45, 2.75) is 19.2 Å². The van der Waals surface area contributed by atoms with Crippen molar-refractivity contribution in [3.05, 3.63) is 59.7 Å². The molecular weight excluding hydrogens is 351 g/mol. The highest BCUT2D eigenvalue weighted by Crippen LogP contribution is 2.30. The van der Waals surface area contributed by atoms with Crippen molar-refractivity contribution < 1.29 is 32.2 Å². The molecule has 0 fully saturated rings. The van der Waals surface area contributed by atoms with Crippen LogP contribution in [0.25, 0.3) is 0 Å². The zero-order valence-corrected chi connectivity index (χ0v) is 14.0. The zero-order valence-electron chi connectivity index (χ0n) is 14.0. The first kappa shape index (κ1) is 19.3. The quantitative estimate of drug-likeness (QED) is 0.814. The zero-order chi connectivity index (χ0) is 19.3. The third-order valence-electron chi connectivity index (χ3n) is 3.44. The number of rotatable bonds is 5. The largest absolute Gasteiger partial charge is 0.497 e. The molecule has 26 heavy (non-hydrogen) atoms. The van der Waals surface area contributed by atoms with E-state index in [1.54, 1.807) is 12.1 Å². The average molecular weight is 367 g/mol. The molecule has 1 atom stereocenters. The van der Waals surface area contributed by atoms with Crippen LogP contribution in [0.15, 0.2) is 48.5 Å². The number of esters is 1. The van der Waals surface area contributed by atoms with Gasteiger partial charge in [0.2, 0.25) is 0 Å². The standard InChI is InChI=1S/C18H16F3NO4/c1-11(26-17(24)12-6-8-15(25-2)9-7-12)16(23)22-14-5-3-4-13(10-14)18(19,20)21/h3-11H,1-2H3,(H,22,23). The van der Waals surface area contributed by atoms with Crippen molar-refractivity contribution in [2.24, 2.45) is 0 Å². The molecule has 1 unspecified atom stereocenters. The molecule has 0 heterocycles. The second kappa shape index (κ2) is 7.90. The summed E-state index contributed by atoms with van der Waals surface area (Å²) in [5.41, 5.74) is -0.722. The summed E-state index contributed by atoms with van der Waals surface area (Å²) in [5.74, 6) is -0.928. The van der Waals surface area contributed by atoms with Gasteiger partial charge in [0, 0.05) is 5.69 Å². The fourth-order valence-electron chi connectivity index (χ4n) is 2.03. The first-order chi connectivity index (χ1) is 12.2. The van der Waals surface area contributed by atoms with Gasteiger partial charge < -0.3 is 14.8 Å². The van der Waals surface area contributed by atoms with Crippen LogP contribution in [0.2, 0.25) is 0 Å². The number of benzene rings is 2. The van der Waals surface area contributed by atoms with Crippen LogP contribution in [-0.4, -0.2) is 25.1 Å². The van der Waals surface area contributed by atoms with Gasteiger partial charge in [0.1, 0.15) is 5.75 Å². The number of anilines is 1. The molecule has 2 aromatic rings.